The van der Waals surface area contributed by atoms with Crippen molar-refractivity contribution in [1.82, 2.24) is 0 Å². The van der Waals surface area contributed by atoms with Crippen LogP contribution < -0.4 is 0 Å². The molecule has 0 N–H and O–H groups in total. The molecule has 0 aromatic heterocycles. The van der Waals surface area contributed by atoms with Crippen LogP contribution in [0.3, 0.4) is 0 Å². The van der Waals surface area contributed by atoms with Gasteiger partial charge in [0.15, 0.2) is 5.78 Å². The number of hydrogen-bond donors (Lipinski definition) is 0. The van der Waals surface area contributed by atoms with Crippen molar-refractivity contribution >= 4 is 22.6 Å². The number of quaternary nitrogens is 1. The Morgan fingerprint density at radius 2 is 1.61 bits per heavy atom. The van der Waals surface area contributed by atoms with Gasteiger partial charge in [-0.05, 0) is 29.9 Å². The second kappa shape index (κ2) is 6.29. The highest BCUT2D eigenvalue weighted by Crippen LogP contribution is 2.32. The van der Waals surface area contributed by atoms with Gasteiger partial charge in [0.1, 0.15) is 6.54 Å². The molecule has 0 aliphatic heterocycles. The molecule has 0 atom stereocenters. The monoisotopic (exact) mass is 308 g/mol. The molecular weight excluding hydrogens is 282 g/mol. The van der Waals surface area contributed by atoms with Crippen molar-refractivity contribution < 1.29 is 9.28 Å². The van der Waals surface area contributed by atoms with E-state index >= 15 is 0 Å². The van der Waals surface area contributed by atoms with Crippen molar-refractivity contribution in [3.05, 3.63) is 53.1 Å². The molecule has 2 heteroatoms. The normalized spacial score (nSPS) is 14.2. The molecule has 0 spiro atoms. The third kappa shape index (κ3) is 2.96. The lowest BCUT2D eigenvalue weighted by molar-refractivity contribution is -0.904. The van der Waals surface area contributed by atoms with Gasteiger partial charge in [-0.2, -0.15) is 0 Å². The number of hydrogen-bond acceptors (Lipinski definition) is 1. The zero-order valence-corrected chi connectivity index (χ0v) is 14.4. The molecule has 120 valence electrons. The van der Waals surface area contributed by atoms with Crippen molar-refractivity contribution in [2.24, 2.45) is 0 Å². The third-order valence-electron chi connectivity index (χ3n) is 4.88. The van der Waals surface area contributed by atoms with Crippen LogP contribution in [0.25, 0.3) is 16.8 Å². The molecular formula is C21H26NO+. The zero-order chi connectivity index (χ0) is 16.4. The lowest BCUT2D eigenvalue weighted by Crippen LogP contribution is -2.47. The van der Waals surface area contributed by atoms with Crippen molar-refractivity contribution in [1.29, 1.82) is 0 Å². The number of ketones is 1. The van der Waals surface area contributed by atoms with Gasteiger partial charge in [-0.25, -0.2) is 0 Å². The average molecular weight is 308 g/mol. The van der Waals surface area contributed by atoms with Gasteiger partial charge in [0.25, 0.3) is 0 Å². The summed E-state index contributed by atoms with van der Waals surface area (Å²) in [5, 5.41) is 2.27. The Hall–Kier alpha value is -1.93. The molecule has 2 aromatic carbocycles. The fraction of sp³-hybridized carbons (Fsp3) is 0.381. The van der Waals surface area contributed by atoms with E-state index in [0.29, 0.717) is 0 Å². The maximum Gasteiger partial charge on any atom is 0.195 e. The zero-order valence-electron chi connectivity index (χ0n) is 14.4. The second-order valence-corrected chi connectivity index (χ2v) is 6.97. The molecule has 0 unspecified atom stereocenters. The van der Waals surface area contributed by atoms with E-state index in [-0.39, 0.29) is 5.78 Å². The molecule has 2 aromatic rings. The Kier molecular flexibility index (Phi) is 4.36. The van der Waals surface area contributed by atoms with Crippen LogP contribution >= 0.6 is 0 Å². The van der Waals surface area contributed by atoms with Crippen LogP contribution in [0.15, 0.2) is 42.0 Å². The summed E-state index contributed by atoms with van der Waals surface area (Å²) in [7, 11) is 2.28. The molecule has 2 nitrogen and oxygen atoms in total. The highest BCUT2D eigenvalue weighted by Gasteiger charge is 2.28. The van der Waals surface area contributed by atoms with E-state index in [1.807, 2.05) is 12.1 Å². The van der Waals surface area contributed by atoms with Gasteiger partial charge in [0, 0.05) is 10.9 Å². The second-order valence-electron chi connectivity index (χ2n) is 6.97. The van der Waals surface area contributed by atoms with E-state index in [1.165, 1.54) is 5.56 Å². The van der Waals surface area contributed by atoms with Gasteiger partial charge in [-0.15, -0.1) is 0 Å². The Bertz CT molecular complexity index is 761. The predicted molar refractivity (Wildman–Crippen MR) is 97.6 cm³/mol. The quantitative estimate of drug-likeness (QED) is 0.708. The predicted octanol–water partition coefficient (Wildman–Crippen LogP) is 4.69. The summed E-state index contributed by atoms with van der Waals surface area (Å²) >= 11 is 0. The van der Waals surface area contributed by atoms with E-state index in [0.717, 1.165) is 58.9 Å². The number of benzene rings is 2. The van der Waals surface area contributed by atoms with Gasteiger partial charge in [0.05, 0.1) is 25.7 Å². The van der Waals surface area contributed by atoms with Crippen LogP contribution in [0.4, 0.5) is 0 Å². The van der Waals surface area contributed by atoms with Crippen LogP contribution in [-0.2, 0) is 0 Å². The van der Waals surface area contributed by atoms with E-state index in [9.17, 15) is 4.79 Å². The summed E-state index contributed by atoms with van der Waals surface area (Å²) in [5.74, 6) is 0.214. The number of carbonyl (C=O) groups excluding carboxylic acids is 1. The van der Waals surface area contributed by atoms with E-state index in [4.69, 9.17) is 0 Å². The minimum Gasteiger partial charge on any atom is -0.322 e. The first kappa shape index (κ1) is 15.9. The number of likely N-dealkylation sites (N-methyl/N-ethyl adjacent to an activating group) is 1. The number of carbonyl (C=O) groups is 1. The fourth-order valence-corrected chi connectivity index (χ4v) is 3.98. The summed E-state index contributed by atoms with van der Waals surface area (Å²) in [6.07, 6.45) is 4.41. The Morgan fingerprint density at radius 3 is 2.26 bits per heavy atom. The maximum absolute atomic E-state index is 13.0. The van der Waals surface area contributed by atoms with Crippen LogP contribution in [0.1, 0.15) is 42.6 Å². The first-order valence-electron chi connectivity index (χ1n) is 8.68. The molecule has 23 heavy (non-hydrogen) atoms. The molecule has 0 saturated carbocycles. The van der Waals surface area contributed by atoms with Crippen molar-refractivity contribution in [2.45, 2.75) is 26.7 Å². The SMILES string of the molecule is CCC[N+](C)(CCC)CC1=Cc2cccc3cccc(c23)C1=O. The Labute approximate surface area is 139 Å². The molecule has 0 saturated heterocycles. The smallest absolute Gasteiger partial charge is 0.195 e. The van der Waals surface area contributed by atoms with Crippen LogP contribution in [0.2, 0.25) is 0 Å². The molecule has 0 fully saturated rings. The summed E-state index contributed by atoms with van der Waals surface area (Å²) in [5.41, 5.74) is 3.02. The minimum atomic E-state index is 0.214. The average Bonchev–Trinajstić information content (AvgIpc) is 2.52. The first-order chi connectivity index (χ1) is 11.1. The van der Waals surface area contributed by atoms with Crippen molar-refractivity contribution in [3.8, 4) is 0 Å². The Balaban J connectivity index is 2.03. The molecule has 1 aliphatic carbocycles. The number of rotatable bonds is 6. The molecule has 3 rings (SSSR count). The lowest BCUT2D eigenvalue weighted by atomic mass is 9.87. The highest BCUT2D eigenvalue weighted by molar-refractivity contribution is 6.22. The standard InChI is InChI=1S/C21H26NO/c1-4-12-22(3,13-5-2)15-18-14-17-10-6-8-16-9-7-11-19(20(16)17)21(18)23/h6-11,14H,4-5,12-13,15H2,1-3H3/q+1. The van der Waals surface area contributed by atoms with Gasteiger partial charge >= 0.3 is 0 Å². The van der Waals surface area contributed by atoms with Gasteiger partial charge in [-0.3, -0.25) is 4.79 Å². The number of nitrogens with zero attached hydrogens (tertiary/aromatic N) is 1. The Morgan fingerprint density at radius 1 is 0.957 bits per heavy atom. The van der Waals surface area contributed by atoms with Gasteiger partial charge in [-0.1, -0.05) is 50.2 Å². The molecule has 0 bridgehead atoms. The number of Topliss-reactive ketones (excluding diaryl/α,β-unsaturated/α-hetero) is 1. The molecule has 0 amide bonds. The molecule has 0 heterocycles. The summed E-state index contributed by atoms with van der Waals surface area (Å²) in [6.45, 7) is 7.50. The van der Waals surface area contributed by atoms with E-state index in [2.05, 4.69) is 51.2 Å². The largest absolute Gasteiger partial charge is 0.322 e. The van der Waals surface area contributed by atoms with Crippen molar-refractivity contribution in [3.63, 3.8) is 0 Å². The summed E-state index contributed by atoms with van der Waals surface area (Å²) in [4.78, 5) is 13.0. The van der Waals surface area contributed by atoms with Gasteiger partial charge < -0.3 is 4.48 Å². The van der Waals surface area contributed by atoms with Crippen molar-refractivity contribution in [2.75, 3.05) is 26.7 Å². The fourth-order valence-electron chi connectivity index (χ4n) is 3.98. The van der Waals surface area contributed by atoms with Crippen LogP contribution in [0, 0.1) is 0 Å². The maximum atomic E-state index is 13.0. The molecule has 1 aliphatic rings. The summed E-state index contributed by atoms with van der Waals surface area (Å²) in [6, 6.07) is 12.4. The topological polar surface area (TPSA) is 17.1 Å². The minimum absolute atomic E-state index is 0.214. The van der Waals surface area contributed by atoms with Crippen LogP contribution in [0.5, 0.6) is 0 Å². The summed E-state index contributed by atoms with van der Waals surface area (Å²) < 4.78 is 0.947. The first-order valence-corrected chi connectivity index (χ1v) is 8.68. The van der Waals surface area contributed by atoms with Gasteiger partial charge in [0.2, 0.25) is 0 Å². The molecule has 0 radical (unpaired) electrons. The van der Waals surface area contributed by atoms with E-state index < -0.39 is 0 Å². The van der Waals surface area contributed by atoms with Crippen LogP contribution in [-0.4, -0.2) is 36.9 Å². The highest BCUT2D eigenvalue weighted by atomic mass is 16.1. The lowest BCUT2D eigenvalue weighted by Gasteiger charge is -2.35. The van der Waals surface area contributed by atoms with E-state index in [1.54, 1.807) is 0 Å². The third-order valence-corrected chi connectivity index (χ3v) is 4.88.